The van der Waals surface area contributed by atoms with Crippen molar-refractivity contribution in [2.24, 2.45) is 5.10 Å². The minimum atomic E-state index is -0.495. The number of nitrogens with one attached hydrogen (secondary N) is 2. The number of anilines is 1. The Morgan fingerprint density at radius 1 is 1.16 bits per heavy atom. The Labute approximate surface area is 197 Å². The maximum atomic E-state index is 13.3. The molecule has 2 amide bonds. The Morgan fingerprint density at radius 2 is 1.90 bits per heavy atom. The quantitative estimate of drug-likeness (QED) is 0.271. The number of benzene rings is 3. The first-order valence-corrected chi connectivity index (χ1v) is 10.6. The smallest absolute Gasteiger partial charge is 0.339 e. The lowest BCUT2D eigenvalue weighted by Gasteiger charge is -2.11. The molecule has 0 radical (unpaired) electrons. The predicted octanol–water partition coefficient (Wildman–Crippen LogP) is 6.94. The lowest BCUT2D eigenvalue weighted by molar-refractivity contribution is 0.252. The Morgan fingerprint density at radius 3 is 2.58 bits per heavy atom. The molecular formula is C22H17BrCl2FN3O2. The van der Waals surface area contributed by atoms with Crippen LogP contribution in [0.3, 0.4) is 0 Å². The highest BCUT2D eigenvalue weighted by Crippen LogP contribution is 2.34. The maximum absolute atomic E-state index is 13.3. The summed E-state index contributed by atoms with van der Waals surface area (Å²) in [6, 6.07) is 14.2. The Bertz CT molecular complexity index is 1120. The summed E-state index contributed by atoms with van der Waals surface area (Å²) in [5, 5.41) is 7.11. The number of hydrogen-bond donors (Lipinski definition) is 2. The van der Waals surface area contributed by atoms with Gasteiger partial charge in [0, 0.05) is 10.2 Å². The number of hydrogen-bond acceptors (Lipinski definition) is 3. The van der Waals surface area contributed by atoms with Crippen LogP contribution in [0.5, 0.6) is 5.75 Å². The molecule has 0 saturated carbocycles. The number of carbonyl (C=O) groups is 1. The molecule has 0 aromatic heterocycles. The molecule has 0 bridgehead atoms. The van der Waals surface area contributed by atoms with Gasteiger partial charge in [-0.2, -0.15) is 5.10 Å². The van der Waals surface area contributed by atoms with E-state index in [0.29, 0.717) is 16.8 Å². The Kier molecular flexibility index (Phi) is 7.90. The zero-order valence-electron chi connectivity index (χ0n) is 16.3. The average Bonchev–Trinajstić information content (AvgIpc) is 2.70. The van der Waals surface area contributed by atoms with Crippen molar-refractivity contribution in [2.45, 2.75) is 13.5 Å². The molecule has 160 valence electrons. The largest absolute Gasteiger partial charge is 0.486 e. The third-order valence-corrected chi connectivity index (χ3v) is 5.54. The summed E-state index contributed by atoms with van der Waals surface area (Å²) in [4.78, 5) is 12.0. The van der Waals surface area contributed by atoms with Gasteiger partial charge in [0.25, 0.3) is 0 Å². The van der Waals surface area contributed by atoms with Crippen LogP contribution in [-0.4, -0.2) is 12.2 Å². The molecule has 0 heterocycles. The Balaban J connectivity index is 1.59. The van der Waals surface area contributed by atoms with Gasteiger partial charge in [-0.15, -0.1) is 0 Å². The van der Waals surface area contributed by atoms with Gasteiger partial charge in [-0.1, -0.05) is 51.3 Å². The molecule has 9 heteroatoms. The number of aryl methyl sites for hydroxylation is 1. The van der Waals surface area contributed by atoms with E-state index in [4.69, 9.17) is 27.9 Å². The molecule has 3 aromatic carbocycles. The van der Waals surface area contributed by atoms with Gasteiger partial charge in [0.15, 0.2) is 5.75 Å². The van der Waals surface area contributed by atoms with E-state index < -0.39 is 6.03 Å². The zero-order chi connectivity index (χ0) is 22.4. The maximum Gasteiger partial charge on any atom is 0.339 e. The zero-order valence-corrected chi connectivity index (χ0v) is 19.4. The Hall–Kier alpha value is -2.61. The summed E-state index contributed by atoms with van der Waals surface area (Å²) in [6.45, 7) is 2.03. The second kappa shape index (κ2) is 10.6. The van der Waals surface area contributed by atoms with Crippen LogP contribution in [0, 0.1) is 12.7 Å². The monoisotopic (exact) mass is 523 g/mol. The highest BCUT2D eigenvalue weighted by Gasteiger charge is 2.10. The van der Waals surface area contributed by atoms with E-state index in [-0.39, 0.29) is 28.2 Å². The van der Waals surface area contributed by atoms with Crippen LogP contribution in [0.4, 0.5) is 14.9 Å². The molecule has 3 aromatic rings. The van der Waals surface area contributed by atoms with Crippen molar-refractivity contribution in [3.63, 3.8) is 0 Å². The number of rotatable bonds is 6. The van der Waals surface area contributed by atoms with E-state index in [9.17, 15) is 9.18 Å². The number of carbonyl (C=O) groups excluding carboxylic acids is 1. The van der Waals surface area contributed by atoms with Crippen LogP contribution in [0.15, 0.2) is 64.2 Å². The molecule has 0 saturated heterocycles. The normalized spacial score (nSPS) is 10.9. The molecule has 3 rings (SSSR count). The van der Waals surface area contributed by atoms with Gasteiger partial charge >= 0.3 is 6.03 Å². The number of nitrogens with zero attached hydrogens (tertiary/aromatic N) is 1. The first-order valence-electron chi connectivity index (χ1n) is 9.04. The fourth-order valence-electron chi connectivity index (χ4n) is 2.62. The van der Waals surface area contributed by atoms with Crippen molar-refractivity contribution in [2.75, 3.05) is 5.32 Å². The van der Waals surface area contributed by atoms with E-state index in [1.165, 1.54) is 18.3 Å². The van der Waals surface area contributed by atoms with Crippen LogP contribution in [0.2, 0.25) is 10.0 Å². The molecule has 0 spiro atoms. The molecule has 0 aliphatic carbocycles. The standard InChI is InChI=1S/C22H17BrCl2FN3O2/c1-13-7-17(5-6-18(13)23)28-22(30)29-27-11-15-9-19(24)21(20(25)10-15)31-12-14-3-2-4-16(26)8-14/h2-11H,12H2,1H3,(H2,28,29,30)/b27-11+. The molecule has 2 N–H and O–H groups in total. The lowest BCUT2D eigenvalue weighted by Crippen LogP contribution is -2.24. The van der Waals surface area contributed by atoms with Crippen LogP contribution < -0.4 is 15.5 Å². The molecule has 0 fully saturated rings. The van der Waals surface area contributed by atoms with E-state index >= 15 is 0 Å². The summed E-state index contributed by atoms with van der Waals surface area (Å²) in [6.07, 6.45) is 1.40. The SMILES string of the molecule is Cc1cc(NC(=O)N/N=C/c2cc(Cl)c(OCc3cccc(F)c3)c(Cl)c2)ccc1Br. The molecular weight excluding hydrogens is 508 g/mol. The summed E-state index contributed by atoms with van der Waals surface area (Å²) in [7, 11) is 0. The molecule has 31 heavy (non-hydrogen) atoms. The summed E-state index contributed by atoms with van der Waals surface area (Å²) in [5.41, 5.74) is 5.21. The fourth-order valence-corrected chi connectivity index (χ4v) is 3.48. The summed E-state index contributed by atoms with van der Waals surface area (Å²) >= 11 is 15.9. The van der Waals surface area contributed by atoms with Gasteiger partial charge in [0.05, 0.1) is 16.3 Å². The van der Waals surface area contributed by atoms with Crippen LogP contribution in [0.25, 0.3) is 0 Å². The van der Waals surface area contributed by atoms with E-state index in [0.717, 1.165) is 10.0 Å². The minimum absolute atomic E-state index is 0.113. The number of hydrazone groups is 1. The number of halogens is 4. The van der Waals surface area contributed by atoms with Crippen molar-refractivity contribution in [3.05, 3.63) is 91.6 Å². The van der Waals surface area contributed by atoms with E-state index in [1.807, 2.05) is 19.1 Å². The van der Waals surface area contributed by atoms with Crippen molar-refractivity contribution in [3.8, 4) is 5.75 Å². The molecule has 0 aliphatic rings. The van der Waals surface area contributed by atoms with Crippen LogP contribution in [-0.2, 0) is 6.61 Å². The second-order valence-electron chi connectivity index (χ2n) is 6.52. The first-order chi connectivity index (χ1) is 14.8. The van der Waals surface area contributed by atoms with Crippen LogP contribution >= 0.6 is 39.1 Å². The highest BCUT2D eigenvalue weighted by molar-refractivity contribution is 9.10. The lowest BCUT2D eigenvalue weighted by atomic mass is 10.2. The number of ether oxygens (including phenoxy) is 1. The summed E-state index contributed by atoms with van der Waals surface area (Å²) < 4.78 is 19.9. The van der Waals surface area contributed by atoms with Gasteiger partial charge in [-0.25, -0.2) is 14.6 Å². The van der Waals surface area contributed by atoms with Gasteiger partial charge in [0.1, 0.15) is 12.4 Å². The van der Waals surface area contributed by atoms with Crippen molar-refractivity contribution in [1.29, 1.82) is 0 Å². The number of amides is 2. The third-order valence-electron chi connectivity index (χ3n) is 4.09. The third kappa shape index (κ3) is 6.69. The van der Waals surface area contributed by atoms with E-state index in [2.05, 4.69) is 31.8 Å². The first kappa shape index (κ1) is 23.1. The molecule has 0 atom stereocenters. The second-order valence-corrected chi connectivity index (χ2v) is 8.19. The summed E-state index contributed by atoms with van der Waals surface area (Å²) in [5.74, 6) is -0.0716. The van der Waals surface area contributed by atoms with Crippen LogP contribution in [0.1, 0.15) is 16.7 Å². The van der Waals surface area contributed by atoms with Gasteiger partial charge in [0.2, 0.25) is 0 Å². The van der Waals surface area contributed by atoms with Crippen molar-refractivity contribution >= 4 is 57.1 Å². The average molecular weight is 525 g/mol. The van der Waals surface area contributed by atoms with Crippen molar-refractivity contribution < 1.29 is 13.9 Å². The van der Waals surface area contributed by atoms with Gasteiger partial charge in [-0.3, -0.25) is 0 Å². The number of urea groups is 1. The fraction of sp³-hybridized carbons (Fsp3) is 0.0909. The minimum Gasteiger partial charge on any atom is -0.486 e. The molecule has 0 unspecified atom stereocenters. The highest BCUT2D eigenvalue weighted by atomic mass is 79.9. The van der Waals surface area contributed by atoms with E-state index in [1.54, 1.807) is 30.3 Å². The van der Waals surface area contributed by atoms with Gasteiger partial charge < -0.3 is 10.1 Å². The predicted molar refractivity (Wildman–Crippen MR) is 126 cm³/mol. The molecule has 0 aliphatic heterocycles. The topological polar surface area (TPSA) is 62.7 Å². The molecule has 5 nitrogen and oxygen atoms in total. The van der Waals surface area contributed by atoms with Gasteiger partial charge in [-0.05, 0) is 66.1 Å². The van der Waals surface area contributed by atoms with Crippen molar-refractivity contribution in [1.82, 2.24) is 5.43 Å².